The van der Waals surface area contributed by atoms with Crippen LogP contribution in [-0.4, -0.2) is 7.28 Å². The summed E-state index contributed by atoms with van der Waals surface area (Å²) in [5.74, 6) is 0.722. The van der Waals surface area contributed by atoms with E-state index in [0.717, 1.165) is 5.92 Å². The van der Waals surface area contributed by atoms with Gasteiger partial charge in [-0.1, -0.05) is 53.7 Å². The van der Waals surface area contributed by atoms with E-state index in [9.17, 15) is 0 Å². The molecule has 0 rings (SSSR count). The molecule has 0 aliphatic carbocycles. The van der Waals surface area contributed by atoms with Crippen LogP contribution in [0.4, 0.5) is 0 Å². The predicted molar refractivity (Wildman–Crippen MR) is 54.3 cm³/mol. The van der Waals surface area contributed by atoms with Crippen molar-refractivity contribution in [3.8, 4) is 0 Å². The van der Waals surface area contributed by atoms with Crippen molar-refractivity contribution >= 4 is 7.28 Å². The monoisotopic (exact) mass is 153 g/mol. The topological polar surface area (TPSA) is 0 Å². The Bertz CT molecular complexity index is 119. The first-order valence-electron chi connectivity index (χ1n) is 4.52. The second-order valence-electron chi connectivity index (χ2n) is 5.20. The highest BCUT2D eigenvalue weighted by atomic mass is 14.3. The van der Waals surface area contributed by atoms with Crippen LogP contribution in [-0.2, 0) is 0 Å². The van der Waals surface area contributed by atoms with Crippen molar-refractivity contribution in [3.63, 3.8) is 0 Å². The molecule has 11 heavy (non-hydrogen) atoms. The molecule has 0 aromatic carbocycles. The molecule has 1 unspecified atom stereocenters. The molecular formula is C10H22B. The van der Waals surface area contributed by atoms with Gasteiger partial charge in [-0.3, -0.25) is 0 Å². The van der Waals surface area contributed by atoms with Gasteiger partial charge in [0.15, 0.2) is 0 Å². The molecule has 0 aromatic rings. The van der Waals surface area contributed by atoms with Crippen LogP contribution in [0.5, 0.6) is 0 Å². The van der Waals surface area contributed by atoms with Crippen molar-refractivity contribution in [2.24, 2.45) is 11.3 Å². The fourth-order valence-electron chi connectivity index (χ4n) is 1.37. The van der Waals surface area contributed by atoms with Crippen LogP contribution in [0.15, 0.2) is 0 Å². The highest BCUT2D eigenvalue weighted by Crippen LogP contribution is 2.43. The lowest BCUT2D eigenvalue weighted by atomic mass is 9.47. The molecule has 0 aliphatic heterocycles. The molecule has 0 N–H and O–H groups in total. The Morgan fingerprint density at radius 1 is 1.00 bits per heavy atom. The molecule has 1 heteroatoms. The van der Waals surface area contributed by atoms with Crippen LogP contribution in [0, 0.1) is 11.3 Å². The fourth-order valence-corrected chi connectivity index (χ4v) is 1.37. The smallest absolute Gasteiger partial charge is 0.0914 e. The number of hydrogen-bond donors (Lipinski definition) is 0. The van der Waals surface area contributed by atoms with Crippen LogP contribution in [0.1, 0.15) is 41.5 Å². The quantitative estimate of drug-likeness (QED) is 0.531. The van der Waals surface area contributed by atoms with Gasteiger partial charge in [-0.25, -0.2) is 0 Å². The largest absolute Gasteiger partial charge is 0.114 e. The Hall–Kier alpha value is 0.0649. The lowest BCUT2D eigenvalue weighted by molar-refractivity contribution is 0.208. The van der Waals surface area contributed by atoms with E-state index >= 15 is 0 Å². The van der Waals surface area contributed by atoms with Gasteiger partial charge in [-0.05, 0) is 11.3 Å². The zero-order valence-electron chi connectivity index (χ0n) is 9.15. The summed E-state index contributed by atoms with van der Waals surface area (Å²) in [6.07, 6.45) is 0. The van der Waals surface area contributed by atoms with Crippen LogP contribution < -0.4 is 0 Å². The van der Waals surface area contributed by atoms with Crippen LogP contribution in [0.25, 0.3) is 0 Å². The van der Waals surface area contributed by atoms with Gasteiger partial charge in [0, 0.05) is 0 Å². The molecule has 0 nitrogen and oxygen atoms in total. The van der Waals surface area contributed by atoms with Crippen molar-refractivity contribution < 1.29 is 0 Å². The average molecular weight is 153 g/mol. The highest BCUT2D eigenvalue weighted by Gasteiger charge is 2.32. The Morgan fingerprint density at radius 3 is 1.45 bits per heavy atom. The van der Waals surface area contributed by atoms with Crippen molar-refractivity contribution in [1.29, 1.82) is 0 Å². The molecule has 1 radical (unpaired) electrons. The molecule has 1 atom stereocenters. The van der Waals surface area contributed by atoms with Gasteiger partial charge < -0.3 is 0 Å². The minimum Gasteiger partial charge on any atom is -0.0914 e. The normalized spacial score (nSPS) is 16.3. The summed E-state index contributed by atoms with van der Waals surface area (Å²) in [7, 11) is 2.31. The first kappa shape index (κ1) is 11.1. The number of hydrogen-bond acceptors (Lipinski definition) is 0. The van der Waals surface area contributed by atoms with E-state index in [1.165, 1.54) is 0 Å². The summed E-state index contributed by atoms with van der Waals surface area (Å²) >= 11 is 0. The Labute approximate surface area is 73.0 Å². The van der Waals surface area contributed by atoms with E-state index in [0.29, 0.717) is 10.7 Å². The van der Waals surface area contributed by atoms with Crippen molar-refractivity contribution in [2.45, 2.75) is 53.7 Å². The Morgan fingerprint density at radius 2 is 1.36 bits per heavy atom. The molecule has 0 amide bonds. The standard InChI is InChI=1S/C10H22B/c1-8(9(2,3)4)10(5,6)11-7/h8H,1-7H3. The van der Waals surface area contributed by atoms with E-state index in [1.54, 1.807) is 0 Å². The van der Waals surface area contributed by atoms with E-state index in [-0.39, 0.29) is 0 Å². The van der Waals surface area contributed by atoms with Crippen molar-refractivity contribution in [2.75, 3.05) is 0 Å². The van der Waals surface area contributed by atoms with Crippen molar-refractivity contribution in [1.82, 2.24) is 0 Å². The molecule has 0 spiro atoms. The van der Waals surface area contributed by atoms with Crippen LogP contribution >= 0.6 is 0 Å². The maximum Gasteiger partial charge on any atom is 0.114 e. The first-order chi connectivity index (χ1) is 4.72. The fraction of sp³-hybridized carbons (Fsp3) is 1.00. The third-order valence-electron chi connectivity index (χ3n) is 3.16. The van der Waals surface area contributed by atoms with Gasteiger partial charge in [0.2, 0.25) is 0 Å². The molecule has 0 aliphatic rings. The maximum absolute atomic E-state index is 2.33. The second kappa shape index (κ2) is 3.20. The SMILES string of the molecule is C[B]C(C)(C)C(C)C(C)(C)C. The summed E-state index contributed by atoms with van der Waals surface area (Å²) < 4.78 is 0. The van der Waals surface area contributed by atoms with Gasteiger partial charge in [-0.2, -0.15) is 0 Å². The van der Waals surface area contributed by atoms with Crippen LogP contribution in [0.3, 0.4) is 0 Å². The van der Waals surface area contributed by atoms with Crippen LogP contribution in [0.2, 0.25) is 12.1 Å². The van der Waals surface area contributed by atoms with E-state index in [4.69, 9.17) is 0 Å². The van der Waals surface area contributed by atoms with Crippen molar-refractivity contribution in [3.05, 3.63) is 0 Å². The molecule has 0 bridgehead atoms. The van der Waals surface area contributed by atoms with Gasteiger partial charge >= 0.3 is 0 Å². The number of rotatable bonds is 2. The molecule has 0 aromatic heterocycles. The molecule has 0 saturated carbocycles. The zero-order valence-corrected chi connectivity index (χ0v) is 9.15. The van der Waals surface area contributed by atoms with Gasteiger partial charge in [0.25, 0.3) is 0 Å². The summed E-state index contributed by atoms with van der Waals surface area (Å²) in [4.78, 5) is 0. The summed E-state index contributed by atoms with van der Waals surface area (Å²) in [6.45, 7) is 16.0. The summed E-state index contributed by atoms with van der Waals surface area (Å²) in [5, 5.41) is 0.359. The minimum atomic E-state index is 0.359. The highest BCUT2D eigenvalue weighted by molar-refractivity contribution is 6.38. The third-order valence-corrected chi connectivity index (χ3v) is 3.16. The van der Waals surface area contributed by atoms with E-state index < -0.39 is 0 Å². The summed E-state index contributed by atoms with van der Waals surface area (Å²) in [6, 6.07) is 0. The minimum absolute atomic E-state index is 0.359. The second-order valence-corrected chi connectivity index (χ2v) is 5.20. The molecule has 65 valence electrons. The Balaban J connectivity index is 4.35. The van der Waals surface area contributed by atoms with Gasteiger partial charge in [-0.15, -0.1) is 0 Å². The lowest BCUT2D eigenvalue weighted by Gasteiger charge is -2.40. The first-order valence-corrected chi connectivity index (χ1v) is 4.52. The molecular weight excluding hydrogens is 131 g/mol. The molecule has 0 fully saturated rings. The average Bonchev–Trinajstić information content (AvgIpc) is 1.84. The summed E-state index contributed by atoms with van der Waals surface area (Å²) in [5.41, 5.74) is 0.413. The molecule has 0 saturated heterocycles. The maximum atomic E-state index is 2.33. The van der Waals surface area contributed by atoms with Gasteiger partial charge in [0.05, 0.1) is 0 Å². The predicted octanol–water partition coefficient (Wildman–Crippen LogP) is 3.62. The Kier molecular flexibility index (Phi) is 3.22. The van der Waals surface area contributed by atoms with E-state index in [2.05, 4.69) is 55.6 Å². The van der Waals surface area contributed by atoms with Gasteiger partial charge in [0.1, 0.15) is 7.28 Å². The third kappa shape index (κ3) is 2.88. The zero-order chi connectivity index (χ0) is 9.28. The lowest BCUT2D eigenvalue weighted by Crippen LogP contribution is -2.30. The van der Waals surface area contributed by atoms with E-state index in [1.807, 2.05) is 0 Å². The molecule has 0 heterocycles.